The SMILES string of the molecule is CCCCn1cccc1.c1ccncc1. The van der Waals surface area contributed by atoms with Gasteiger partial charge in [0, 0.05) is 31.3 Å². The van der Waals surface area contributed by atoms with Crippen LogP contribution in [0.25, 0.3) is 0 Å². The second-order valence-corrected chi connectivity index (χ2v) is 3.30. The van der Waals surface area contributed by atoms with E-state index in [9.17, 15) is 0 Å². The summed E-state index contributed by atoms with van der Waals surface area (Å²) in [6.07, 6.45) is 10.3. The quantitative estimate of drug-likeness (QED) is 0.746. The van der Waals surface area contributed by atoms with Crippen LogP contribution in [0.1, 0.15) is 19.8 Å². The van der Waals surface area contributed by atoms with Crippen LogP contribution in [0.15, 0.2) is 55.1 Å². The van der Waals surface area contributed by atoms with Gasteiger partial charge < -0.3 is 4.57 Å². The molecule has 0 aliphatic rings. The van der Waals surface area contributed by atoms with Crippen LogP contribution in [0.2, 0.25) is 0 Å². The summed E-state index contributed by atoms with van der Waals surface area (Å²) in [6, 6.07) is 9.85. The first kappa shape index (κ1) is 11.5. The zero-order chi connectivity index (χ0) is 10.8. The maximum Gasteiger partial charge on any atom is 0.0267 e. The van der Waals surface area contributed by atoms with E-state index in [0.29, 0.717) is 0 Å². The zero-order valence-corrected chi connectivity index (χ0v) is 9.21. The fourth-order valence-electron chi connectivity index (χ4n) is 1.17. The highest BCUT2D eigenvalue weighted by Gasteiger charge is 1.84. The van der Waals surface area contributed by atoms with Crippen LogP contribution in [-0.4, -0.2) is 9.55 Å². The van der Waals surface area contributed by atoms with Crippen LogP contribution in [-0.2, 0) is 6.54 Å². The van der Waals surface area contributed by atoms with Gasteiger partial charge in [0.25, 0.3) is 0 Å². The molecule has 0 N–H and O–H groups in total. The fourth-order valence-corrected chi connectivity index (χ4v) is 1.17. The van der Waals surface area contributed by atoms with E-state index in [1.54, 1.807) is 12.4 Å². The molecule has 0 aliphatic heterocycles. The molecule has 0 amide bonds. The second-order valence-electron chi connectivity index (χ2n) is 3.30. The Bertz CT molecular complexity index is 287. The number of aromatic nitrogens is 2. The van der Waals surface area contributed by atoms with Crippen molar-refractivity contribution < 1.29 is 0 Å². The van der Waals surface area contributed by atoms with Crippen molar-refractivity contribution in [3.8, 4) is 0 Å². The molecule has 0 bridgehead atoms. The van der Waals surface area contributed by atoms with Crippen molar-refractivity contribution in [3.63, 3.8) is 0 Å². The molecule has 2 rings (SSSR count). The molecule has 0 aromatic carbocycles. The van der Waals surface area contributed by atoms with E-state index in [1.165, 1.54) is 19.4 Å². The number of pyridine rings is 1. The minimum Gasteiger partial charge on any atom is -0.354 e. The van der Waals surface area contributed by atoms with Gasteiger partial charge in [0.2, 0.25) is 0 Å². The van der Waals surface area contributed by atoms with E-state index in [2.05, 4.69) is 41.0 Å². The molecule has 0 aliphatic carbocycles. The highest BCUT2D eigenvalue weighted by molar-refractivity contribution is 4.90. The van der Waals surface area contributed by atoms with Crippen LogP contribution < -0.4 is 0 Å². The number of hydrogen-bond donors (Lipinski definition) is 0. The molecular weight excluding hydrogens is 184 g/mol. The molecule has 0 saturated heterocycles. The Balaban J connectivity index is 0.000000162. The van der Waals surface area contributed by atoms with Gasteiger partial charge in [-0.3, -0.25) is 4.98 Å². The molecule has 15 heavy (non-hydrogen) atoms. The Morgan fingerprint density at radius 2 is 1.60 bits per heavy atom. The predicted octanol–water partition coefficient (Wildman–Crippen LogP) is 3.37. The van der Waals surface area contributed by atoms with Crippen molar-refractivity contribution in [2.24, 2.45) is 0 Å². The van der Waals surface area contributed by atoms with Gasteiger partial charge >= 0.3 is 0 Å². The number of hydrogen-bond acceptors (Lipinski definition) is 1. The van der Waals surface area contributed by atoms with Crippen LogP contribution in [0.5, 0.6) is 0 Å². The van der Waals surface area contributed by atoms with Gasteiger partial charge in [-0.05, 0) is 30.7 Å². The summed E-state index contributed by atoms with van der Waals surface area (Å²) in [5.74, 6) is 0. The maximum absolute atomic E-state index is 3.78. The van der Waals surface area contributed by atoms with E-state index < -0.39 is 0 Å². The lowest BCUT2D eigenvalue weighted by molar-refractivity contribution is 0.635. The summed E-state index contributed by atoms with van der Waals surface area (Å²) in [5, 5.41) is 0. The molecule has 2 aromatic rings. The Labute approximate surface area is 91.6 Å². The van der Waals surface area contributed by atoms with Crippen molar-refractivity contribution in [1.29, 1.82) is 0 Å². The molecular formula is C13H18N2. The molecule has 0 spiro atoms. The first-order chi connectivity index (χ1) is 7.43. The number of nitrogens with zero attached hydrogens (tertiary/aromatic N) is 2. The predicted molar refractivity (Wildman–Crippen MR) is 63.6 cm³/mol. The second kappa shape index (κ2) is 7.80. The summed E-state index contributed by atoms with van der Waals surface area (Å²) < 4.78 is 2.21. The van der Waals surface area contributed by atoms with Crippen molar-refractivity contribution in [2.75, 3.05) is 0 Å². The van der Waals surface area contributed by atoms with Crippen LogP contribution in [0, 0.1) is 0 Å². The molecule has 2 heteroatoms. The molecule has 2 heterocycles. The standard InChI is InChI=1S/C8H13N.C5H5N/c1-2-3-6-9-7-4-5-8-9;1-2-4-6-5-3-1/h4-5,7-8H,2-3,6H2,1H3;1-5H. The molecule has 2 nitrogen and oxygen atoms in total. The van der Waals surface area contributed by atoms with Gasteiger partial charge in [0.1, 0.15) is 0 Å². The van der Waals surface area contributed by atoms with Crippen molar-refractivity contribution in [2.45, 2.75) is 26.3 Å². The van der Waals surface area contributed by atoms with Crippen LogP contribution >= 0.6 is 0 Å². The van der Waals surface area contributed by atoms with E-state index >= 15 is 0 Å². The van der Waals surface area contributed by atoms with Gasteiger partial charge in [0.05, 0.1) is 0 Å². The Morgan fingerprint density at radius 1 is 0.933 bits per heavy atom. The Hall–Kier alpha value is -1.57. The largest absolute Gasteiger partial charge is 0.354 e. The lowest BCUT2D eigenvalue weighted by atomic mass is 10.3. The Morgan fingerprint density at radius 3 is 2.00 bits per heavy atom. The number of rotatable bonds is 3. The zero-order valence-electron chi connectivity index (χ0n) is 9.21. The molecule has 2 aromatic heterocycles. The number of unbranched alkanes of at least 4 members (excludes halogenated alkanes) is 1. The lowest BCUT2D eigenvalue weighted by Gasteiger charge is -1.97. The normalized spacial score (nSPS) is 9.13. The maximum atomic E-state index is 3.78. The highest BCUT2D eigenvalue weighted by atomic mass is 14.9. The molecule has 0 atom stereocenters. The molecule has 0 fully saturated rings. The third-order valence-electron chi connectivity index (χ3n) is 2.00. The Kier molecular flexibility index (Phi) is 5.98. The third kappa shape index (κ3) is 5.68. The topological polar surface area (TPSA) is 17.8 Å². The van der Waals surface area contributed by atoms with Gasteiger partial charge in [-0.25, -0.2) is 0 Å². The van der Waals surface area contributed by atoms with Crippen molar-refractivity contribution >= 4 is 0 Å². The monoisotopic (exact) mass is 202 g/mol. The first-order valence-corrected chi connectivity index (χ1v) is 5.39. The summed E-state index contributed by atoms with van der Waals surface area (Å²) >= 11 is 0. The average Bonchev–Trinajstić information content (AvgIpc) is 2.82. The average molecular weight is 202 g/mol. The number of aryl methyl sites for hydroxylation is 1. The van der Waals surface area contributed by atoms with Gasteiger partial charge in [0.15, 0.2) is 0 Å². The van der Waals surface area contributed by atoms with Crippen LogP contribution in [0.4, 0.5) is 0 Å². The van der Waals surface area contributed by atoms with E-state index in [4.69, 9.17) is 0 Å². The van der Waals surface area contributed by atoms with Gasteiger partial charge in [-0.15, -0.1) is 0 Å². The molecule has 80 valence electrons. The first-order valence-electron chi connectivity index (χ1n) is 5.39. The minimum atomic E-state index is 1.17. The third-order valence-corrected chi connectivity index (χ3v) is 2.00. The minimum absolute atomic E-state index is 1.17. The van der Waals surface area contributed by atoms with E-state index in [1.807, 2.05) is 18.2 Å². The van der Waals surface area contributed by atoms with E-state index in [0.717, 1.165) is 0 Å². The summed E-state index contributed by atoms with van der Waals surface area (Å²) in [4.78, 5) is 3.78. The molecule has 0 unspecified atom stereocenters. The van der Waals surface area contributed by atoms with Gasteiger partial charge in [-0.1, -0.05) is 19.4 Å². The highest BCUT2D eigenvalue weighted by Crippen LogP contribution is 1.94. The summed E-state index contributed by atoms with van der Waals surface area (Å²) in [7, 11) is 0. The molecule has 0 radical (unpaired) electrons. The van der Waals surface area contributed by atoms with Gasteiger partial charge in [-0.2, -0.15) is 0 Å². The van der Waals surface area contributed by atoms with E-state index in [-0.39, 0.29) is 0 Å². The van der Waals surface area contributed by atoms with Crippen molar-refractivity contribution in [1.82, 2.24) is 9.55 Å². The van der Waals surface area contributed by atoms with Crippen molar-refractivity contribution in [3.05, 3.63) is 55.1 Å². The smallest absolute Gasteiger partial charge is 0.0267 e. The lowest BCUT2D eigenvalue weighted by Crippen LogP contribution is -1.91. The summed E-state index contributed by atoms with van der Waals surface area (Å²) in [6.45, 7) is 3.38. The molecule has 0 saturated carbocycles. The fraction of sp³-hybridized carbons (Fsp3) is 0.308. The summed E-state index contributed by atoms with van der Waals surface area (Å²) in [5.41, 5.74) is 0. The van der Waals surface area contributed by atoms with Crippen LogP contribution in [0.3, 0.4) is 0 Å².